The molecule has 0 fully saturated rings. The third-order valence-corrected chi connectivity index (χ3v) is 1.03. The Morgan fingerprint density at radius 2 is 2.09 bits per heavy atom. The van der Waals surface area contributed by atoms with Crippen LogP contribution in [0.3, 0.4) is 0 Å². The largest absolute Gasteiger partial charge is 0.395 e. The fourth-order valence-corrected chi connectivity index (χ4v) is 0.494. The Kier molecular flexibility index (Phi) is 1.55. The zero-order chi connectivity index (χ0) is 8.43. The van der Waals surface area contributed by atoms with Crippen LogP contribution in [0.15, 0.2) is 6.07 Å². The predicted octanol–water partition coefficient (Wildman–Crippen LogP) is -0.451. The molecule has 0 saturated heterocycles. The van der Waals surface area contributed by atoms with Gasteiger partial charge in [-0.2, -0.15) is 0 Å². The Morgan fingerprint density at radius 3 is 2.55 bits per heavy atom. The van der Waals surface area contributed by atoms with Gasteiger partial charge in [-0.3, -0.25) is 0 Å². The number of rotatable bonds is 1. The summed E-state index contributed by atoms with van der Waals surface area (Å²) >= 11 is 0. The van der Waals surface area contributed by atoms with Crippen molar-refractivity contribution in [1.82, 2.24) is 10.2 Å². The second-order valence-corrected chi connectivity index (χ2v) is 1.80. The van der Waals surface area contributed by atoms with Gasteiger partial charge in [-0.05, 0) is 10.0 Å². The van der Waals surface area contributed by atoms with E-state index in [1.54, 1.807) is 0 Å². The van der Waals surface area contributed by atoms with E-state index in [2.05, 4.69) is 10.2 Å². The number of hydrogen-bond donors (Lipinski definition) is 2. The van der Waals surface area contributed by atoms with E-state index < -0.39 is 10.7 Å². The summed E-state index contributed by atoms with van der Waals surface area (Å²) in [6, 6.07) is 1.06. The lowest BCUT2D eigenvalue weighted by atomic mass is 10.4. The summed E-state index contributed by atoms with van der Waals surface area (Å²) in [4.78, 5) is 9.38. The molecule has 4 N–H and O–H groups in total. The van der Waals surface area contributed by atoms with E-state index in [4.69, 9.17) is 11.5 Å². The van der Waals surface area contributed by atoms with Gasteiger partial charge in [0.05, 0.1) is 16.9 Å². The van der Waals surface area contributed by atoms with Crippen LogP contribution in [0.1, 0.15) is 0 Å². The van der Waals surface area contributed by atoms with Gasteiger partial charge in [-0.1, -0.05) is 0 Å². The number of nitrogens with zero attached hydrogens (tertiary/aromatic N) is 3. The lowest BCUT2D eigenvalue weighted by Gasteiger charge is -1.93. The highest BCUT2D eigenvalue weighted by atomic mass is 16.6. The zero-order valence-electron chi connectivity index (χ0n) is 5.39. The maximum Gasteiger partial charge on any atom is 0.392 e. The lowest BCUT2D eigenvalue weighted by Crippen LogP contribution is -2.02. The number of nitro groups is 1. The minimum Gasteiger partial charge on any atom is -0.395 e. The van der Waals surface area contributed by atoms with Crippen LogP contribution in [0.4, 0.5) is 17.3 Å². The van der Waals surface area contributed by atoms with Crippen LogP contribution < -0.4 is 11.5 Å². The van der Waals surface area contributed by atoms with Crippen molar-refractivity contribution in [3.05, 3.63) is 16.2 Å². The van der Waals surface area contributed by atoms with Gasteiger partial charge >= 0.3 is 5.82 Å². The molecule has 1 aromatic heterocycles. The molecule has 0 spiro atoms. The third kappa shape index (κ3) is 1.31. The minimum atomic E-state index is -0.692. The second-order valence-electron chi connectivity index (χ2n) is 1.80. The fraction of sp³-hybridized carbons (Fsp3) is 0. The first-order chi connectivity index (χ1) is 5.11. The topological polar surface area (TPSA) is 121 Å². The molecule has 58 valence electrons. The molecule has 1 aromatic rings. The van der Waals surface area contributed by atoms with Crippen LogP contribution in [0, 0.1) is 10.1 Å². The number of aromatic nitrogens is 2. The fourth-order valence-electron chi connectivity index (χ4n) is 0.494. The molecule has 7 nitrogen and oxygen atoms in total. The highest BCUT2D eigenvalue weighted by Gasteiger charge is 2.10. The molecule has 0 aliphatic carbocycles. The normalized spacial score (nSPS) is 9.45. The summed E-state index contributed by atoms with van der Waals surface area (Å²) in [5, 5.41) is 16.5. The molecule has 0 bridgehead atoms. The van der Waals surface area contributed by atoms with Gasteiger partial charge in [0.15, 0.2) is 5.82 Å². The van der Waals surface area contributed by atoms with Crippen LogP contribution >= 0.6 is 0 Å². The van der Waals surface area contributed by atoms with E-state index in [9.17, 15) is 10.1 Å². The molecule has 0 amide bonds. The van der Waals surface area contributed by atoms with Crippen LogP contribution in [0.2, 0.25) is 0 Å². The smallest absolute Gasteiger partial charge is 0.392 e. The molecule has 0 aliphatic heterocycles. The minimum absolute atomic E-state index is 0.00407. The summed E-state index contributed by atoms with van der Waals surface area (Å²) < 4.78 is 0. The summed E-state index contributed by atoms with van der Waals surface area (Å²) in [6.07, 6.45) is 0. The van der Waals surface area contributed by atoms with E-state index in [0.29, 0.717) is 0 Å². The molecule has 11 heavy (non-hydrogen) atoms. The number of nitrogens with two attached hydrogens (primary N) is 2. The highest BCUT2D eigenvalue weighted by molar-refractivity contribution is 5.59. The van der Waals surface area contributed by atoms with Crippen LogP contribution in [0.5, 0.6) is 0 Å². The standard InChI is InChI=1S/C4H5N5O2/c5-2-1-3(9(10)11)7-8-4(2)6/h1H,(H2,5,7)(H2,6,8). The molecule has 1 heterocycles. The van der Waals surface area contributed by atoms with Crippen molar-refractivity contribution in [2.24, 2.45) is 0 Å². The predicted molar refractivity (Wildman–Crippen MR) is 37.5 cm³/mol. The monoisotopic (exact) mass is 155 g/mol. The third-order valence-electron chi connectivity index (χ3n) is 1.03. The first kappa shape index (κ1) is 7.19. The lowest BCUT2D eigenvalue weighted by molar-refractivity contribution is -0.390. The Morgan fingerprint density at radius 1 is 1.45 bits per heavy atom. The Balaban J connectivity index is 3.15. The molecule has 0 aromatic carbocycles. The van der Waals surface area contributed by atoms with E-state index in [0.717, 1.165) is 6.07 Å². The second kappa shape index (κ2) is 2.37. The van der Waals surface area contributed by atoms with Gasteiger partial charge in [-0.25, -0.2) is 0 Å². The SMILES string of the molecule is Nc1cc([N+](=O)[O-])nnc1N. The van der Waals surface area contributed by atoms with E-state index in [1.807, 2.05) is 0 Å². The van der Waals surface area contributed by atoms with E-state index >= 15 is 0 Å². The maximum absolute atomic E-state index is 10.1. The van der Waals surface area contributed by atoms with Gasteiger partial charge in [-0.15, -0.1) is 0 Å². The number of anilines is 2. The molecule has 0 saturated carbocycles. The van der Waals surface area contributed by atoms with Gasteiger partial charge in [0.25, 0.3) is 0 Å². The van der Waals surface area contributed by atoms with Crippen LogP contribution in [-0.4, -0.2) is 15.1 Å². The maximum atomic E-state index is 10.1. The summed E-state index contributed by atoms with van der Waals surface area (Å²) in [5.41, 5.74) is 10.5. The first-order valence-corrected chi connectivity index (χ1v) is 2.64. The van der Waals surface area contributed by atoms with Gasteiger partial charge in [0.2, 0.25) is 0 Å². The quantitative estimate of drug-likeness (QED) is 0.418. The molecule has 0 radical (unpaired) electrons. The van der Waals surface area contributed by atoms with Gasteiger partial charge in [0, 0.05) is 0 Å². The van der Waals surface area contributed by atoms with Crippen molar-refractivity contribution in [3.63, 3.8) is 0 Å². The van der Waals surface area contributed by atoms with Crippen molar-refractivity contribution in [2.45, 2.75) is 0 Å². The van der Waals surface area contributed by atoms with Crippen LogP contribution in [0.25, 0.3) is 0 Å². The van der Waals surface area contributed by atoms with Crippen molar-refractivity contribution in [1.29, 1.82) is 0 Å². The van der Waals surface area contributed by atoms with Gasteiger partial charge in [0.1, 0.15) is 0 Å². The molecular weight excluding hydrogens is 150 g/mol. The van der Waals surface area contributed by atoms with Crippen molar-refractivity contribution in [3.8, 4) is 0 Å². The van der Waals surface area contributed by atoms with E-state index in [-0.39, 0.29) is 11.5 Å². The molecule has 1 rings (SSSR count). The van der Waals surface area contributed by atoms with Crippen molar-refractivity contribution < 1.29 is 4.92 Å². The Labute approximate surface area is 61.2 Å². The Hall–Kier alpha value is -1.92. The average Bonchev–Trinajstić information content (AvgIpc) is 1.94. The molecular formula is C4H5N5O2. The molecule has 0 aliphatic rings. The van der Waals surface area contributed by atoms with Crippen LogP contribution in [-0.2, 0) is 0 Å². The highest BCUT2D eigenvalue weighted by Crippen LogP contribution is 2.14. The average molecular weight is 155 g/mol. The Bertz CT molecular complexity index is 299. The van der Waals surface area contributed by atoms with Crippen molar-refractivity contribution >= 4 is 17.3 Å². The van der Waals surface area contributed by atoms with Gasteiger partial charge < -0.3 is 21.6 Å². The van der Waals surface area contributed by atoms with Crippen molar-refractivity contribution in [2.75, 3.05) is 11.5 Å². The summed E-state index contributed by atoms with van der Waals surface area (Å²) in [7, 11) is 0. The summed E-state index contributed by atoms with van der Waals surface area (Å²) in [6.45, 7) is 0. The number of hydrogen-bond acceptors (Lipinski definition) is 6. The van der Waals surface area contributed by atoms with E-state index in [1.165, 1.54) is 0 Å². The zero-order valence-corrected chi connectivity index (χ0v) is 5.39. The number of nitrogen functional groups attached to an aromatic ring is 2. The molecule has 0 unspecified atom stereocenters. The first-order valence-electron chi connectivity index (χ1n) is 2.64. The summed E-state index contributed by atoms with van der Waals surface area (Å²) in [5.74, 6) is -0.410. The molecule has 0 atom stereocenters. The molecule has 7 heteroatoms.